The average Bonchev–Trinajstić information content (AvgIpc) is 2.72. The summed E-state index contributed by atoms with van der Waals surface area (Å²) >= 11 is 0. The van der Waals surface area contributed by atoms with Crippen molar-refractivity contribution in [1.82, 2.24) is 14.3 Å². The molecule has 3 rings (SSSR count). The Morgan fingerprint density at radius 2 is 2.05 bits per heavy atom. The van der Waals surface area contributed by atoms with Crippen LogP contribution in [0.25, 0.3) is 16.7 Å². The van der Waals surface area contributed by atoms with Crippen molar-refractivity contribution in [3.05, 3.63) is 58.5 Å². The zero-order valence-corrected chi connectivity index (χ0v) is 11.0. The molecule has 0 aliphatic heterocycles. The van der Waals surface area contributed by atoms with Gasteiger partial charge >= 0.3 is 0 Å². The highest BCUT2D eigenvalue weighted by molar-refractivity contribution is 5.76. The Hall–Kier alpha value is -2.36. The molecule has 0 spiro atoms. The monoisotopic (exact) mass is 253 g/mol. The highest BCUT2D eigenvalue weighted by Crippen LogP contribution is 2.16. The summed E-state index contributed by atoms with van der Waals surface area (Å²) in [6, 6.07) is 11.7. The summed E-state index contributed by atoms with van der Waals surface area (Å²) in [5.41, 5.74) is 2.84. The van der Waals surface area contributed by atoms with Gasteiger partial charge in [0.05, 0.1) is 11.1 Å². The van der Waals surface area contributed by atoms with Crippen molar-refractivity contribution in [3.8, 4) is 5.69 Å². The van der Waals surface area contributed by atoms with Crippen molar-refractivity contribution >= 4 is 11.0 Å². The first-order chi connectivity index (χ1) is 9.22. The molecule has 0 bridgehead atoms. The minimum Gasteiger partial charge on any atom is -0.267 e. The van der Waals surface area contributed by atoms with Crippen LogP contribution in [-0.4, -0.2) is 14.3 Å². The first kappa shape index (κ1) is 11.7. The molecule has 0 amide bonds. The SMILES string of the molecule is CCn1c(=O)c2cccnc2n1-c1cccc(C)c1. The van der Waals surface area contributed by atoms with E-state index < -0.39 is 0 Å². The molecule has 2 aromatic heterocycles. The molecule has 0 saturated carbocycles. The summed E-state index contributed by atoms with van der Waals surface area (Å²) in [5.74, 6) is 0. The lowest BCUT2D eigenvalue weighted by molar-refractivity contribution is 0.575. The Morgan fingerprint density at radius 1 is 1.21 bits per heavy atom. The van der Waals surface area contributed by atoms with Gasteiger partial charge in [-0.15, -0.1) is 0 Å². The van der Waals surface area contributed by atoms with Crippen molar-refractivity contribution in [1.29, 1.82) is 0 Å². The zero-order valence-electron chi connectivity index (χ0n) is 11.0. The lowest BCUT2D eigenvalue weighted by Gasteiger charge is -2.10. The Bertz CT molecular complexity index is 799. The van der Waals surface area contributed by atoms with Crippen LogP contribution in [0.15, 0.2) is 47.4 Å². The quantitative estimate of drug-likeness (QED) is 0.704. The average molecular weight is 253 g/mol. The molecule has 96 valence electrons. The van der Waals surface area contributed by atoms with Crippen molar-refractivity contribution in [2.24, 2.45) is 0 Å². The molecule has 0 radical (unpaired) electrons. The maximum absolute atomic E-state index is 12.3. The summed E-state index contributed by atoms with van der Waals surface area (Å²) < 4.78 is 3.61. The van der Waals surface area contributed by atoms with Crippen LogP contribution in [0.1, 0.15) is 12.5 Å². The predicted octanol–water partition coefficient (Wildman–Crippen LogP) is 2.52. The van der Waals surface area contributed by atoms with Crippen LogP contribution < -0.4 is 5.56 Å². The number of hydrogen-bond acceptors (Lipinski definition) is 2. The van der Waals surface area contributed by atoms with Gasteiger partial charge in [0.2, 0.25) is 0 Å². The largest absolute Gasteiger partial charge is 0.276 e. The molecule has 0 fully saturated rings. The Balaban J connectivity index is 2.43. The van der Waals surface area contributed by atoms with Crippen LogP contribution in [0.5, 0.6) is 0 Å². The minimum atomic E-state index is 0.00658. The molecule has 0 atom stereocenters. The van der Waals surface area contributed by atoms with Crippen LogP contribution >= 0.6 is 0 Å². The summed E-state index contributed by atoms with van der Waals surface area (Å²) in [5, 5.41) is 0.658. The zero-order chi connectivity index (χ0) is 13.4. The predicted molar refractivity (Wildman–Crippen MR) is 75.7 cm³/mol. The van der Waals surface area contributed by atoms with E-state index in [2.05, 4.69) is 11.1 Å². The second kappa shape index (κ2) is 4.39. The number of hydrogen-bond donors (Lipinski definition) is 0. The molecule has 0 saturated heterocycles. The van der Waals surface area contributed by atoms with Crippen LogP contribution in [0.3, 0.4) is 0 Å². The maximum atomic E-state index is 12.3. The van der Waals surface area contributed by atoms with Gasteiger partial charge < -0.3 is 0 Å². The number of fused-ring (bicyclic) bond motifs is 1. The van der Waals surface area contributed by atoms with Crippen LogP contribution in [0.4, 0.5) is 0 Å². The number of aromatic nitrogens is 3. The summed E-state index contributed by atoms with van der Waals surface area (Å²) in [6.45, 7) is 4.62. The van der Waals surface area contributed by atoms with Gasteiger partial charge in [-0.05, 0) is 43.7 Å². The van der Waals surface area contributed by atoms with Crippen molar-refractivity contribution in [3.63, 3.8) is 0 Å². The lowest BCUT2D eigenvalue weighted by atomic mass is 10.2. The van der Waals surface area contributed by atoms with E-state index in [1.165, 1.54) is 0 Å². The lowest BCUT2D eigenvalue weighted by Crippen LogP contribution is -2.21. The molecular weight excluding hydrogens is 238 g/mol. The third kappa shape index (κ3) is 1.76. The van der Waals surface area contributed by atoms with E-state index in [0.717, 1.165) is 11.3 Å². The molecule has 4 heteroatoms. The molecule has 0 aliphatic rings. The van der Waals surface area contributed by atoms with Gasteiger partial charge in [0, 0.05) is 12.7 Å². The van der Waals surface area contributed by atoms with E-state index in [0.29, 0.717) is 17.6 Å². The number of rotatable bonds is 2. The maximum Gasteiger partial charge on any atom is 0.276 e. The summed E-state index contributed by atoms with van der Waals surface area (Å²) in [6.07, 6.45) is 1.72. The summed E-state index contributed by atoms with van der Waals surface area (Å²) in [7, 11) is 0. The molecule has 1 aromatic carbocycles. The van der Waals surface area contributed by atoms with E-state index in [9.17, 15) is 4.79 Å². The van der Waals surface area contributed by atoms with Crippen molar-refractivity contribution < 1.29 is 0 Å². The minimum absolute atomic E-state index is 0.00658. The molecular formula is C15H15N3O. The van der Waals surface area contributed by atoms with E-state index in [1.54, 1.807) is 16.9 Å². The fraction of sp³-hybridized carbons (Fsp3) is 0.200. The van der Waals surface area contributed by atoms with E-state index in [4.69, 9.17) is 0 Å². The van der Waals surface area contributed by atoms with Gasteiger partial charge in [-0.25, -0.2) is 14.3 Å². The number of aryl methyl sites for hydroxylation is 1. The Morgan fingerprint density at radius 3 is 2.79 bits per heavy atom. The van der Waals surface area contributed by atoms with Gasteiger partial charge in [0.1, 0.15) is 0 Å². The molecule has 2 heterocycles. The fourth-order valence-corrected chi connectivity index (χ4v) is 2.38. The molecule has 0 unspecified atom stereocenters. The fourth-order valence-electron chi connectivity index (χ4n) is 2.38. The van der Waals surface area contributed by atoms with Crippen LogP contribution in [-0.2, 0) is 6.54 Å². The number of nitrogens with zero attached hydrogens (tertiary/aromatic N) is 3. The van der Waals surface area contributed by atoms with Gasteiger partial charge in [0.15, 0.2) is 5.65 Å². The highest BCUT2D eigenvalue weighted by Gasteiger charge is 2.13. The van der Waals surface area contributed by atoms with Crippen LogP contribution in [0.2, 0.25) is 0 Å². The Labute approximate surface area is 110 Å². The smallest absolute Gasteiger partial charge is 0.267 e. The standard InChI is InChI=1S/C15H15N3O/c1-3-17-15(19)13-8-5-9-16-14(13)18(17)12-7-4-6-11(2)10-12/h4-10H,3H2,1-2H3. The molecule has 19 heavy (non-hydrogen) atoms. The van der Waals surface area contributed by atoms with Gasteiger partial charge in [-0.2, -0.15) is 0 Å². The highest BCUT2D eigenvalue weighted by atomic mass is 16.1. The number of pyridine rings is 1. The molecule has 0 aliphatic carbocycles. The van der Waals surface area contributed by atoms with Gasteiger partial charge in [0.25, 0.3) is 5.56 Å². The van der Waals surface area contributed by atoms with E-state index in [-0.39, 0.29) is 5.56 Å². The second-order valence-corrected chi connectivity index (χ2v) is 4.55. The van der Waals surface area contributed by atoms with Gasteiger partial charge in [-0.3, -0.25) is 4.79 Å². The van der Waals surface area contributed by atoms with E-state index in [1.807, 2.05) is 42.8 Å². The first-order valence-electron chi connectivity index (χ1n) is 6.36. The normalized spacial score (nSPS) is 11.1. The molecule has 3 aromatic rings. The first-order valence-corrected chi connectivity index (χ1v) is 6.36. The van der Waals surface area contributed by atoms with Gasteiger partial charge in [-0.1, -0.05) is 12.1 Å². The summed E-state index contributed by atoms with van der Waals surface area (Å²) in [4.78, 5) is 16.7. The van der Waals surface area contributed by atoms with Crippen LogP contribution in [0, 0.1) is 6.92 Å². The molecule has 4 nitrogen and oxygen atoms in total. The molecule has 0 N–H and O–H groups in total. The number of benzene rings is 1. The van der Waals surface area contributed by atoms with E-state index >= 15 is 0 Å². The Kier molecular flexibility index (Phi) is 2.71. The second-order valence-electron chi connectivity index (χ2n) is 4.55. The van der Waals surface area contributed by atoms with Crippen molar-refractivity contribution in [2.45, 2.75) is 20.4 Å². The van der Waals surface area contributed by atoms with Crippen molar-refractivity contribution in [2.75, 3.05) is 0 Å². The third-order valence-electron chi connectivity index (χ3n) is 3.24. The third-order valence-corrected chi connectivity index (χ3v) is 3.24. The topological polar surface area (TPSA) is 39.8 Å².